The highest BCUT2D eigenvalue weighted by molar-refractivity contribution is 5.77. The van der Waals surface area contributed by atoms with Crippen molar-refractivity contribution < 1.29 is 18.0 Å². The maximum atomic E-state index is 12.5. The first-order valence-electron chi connectivity index (χ1n) is 8.47. The Bertz CT molecular complexity index is 585. The van der Waals surface area contributed by atoms with E-state index in [4.69, 9.17) is 0 Å². The minimum atomic E-state index is -4.46. The lowest BCUT2D eigenvalue weighted by Gasteiger charge is -2.25. The predicted molar refractivity (Wildman–Crippen MR) is 83.1 cm³/mol. The summed E-state index contributed by atoms with van der Waals surface area (Å²) in [7, 11) is 0. The molecule has 0 radical (unpaired) electrons. The fraction of sp³-hybridized carbons (Fsp3) is 0.647. The zero-order chi connectivity index (χ0) is 17.2. The quantitative estimate of drug-likeness (QED) is 0.843. The van der Waals surface area contributed by atoms with Crippen molar-refractivity contribution in [1.82, 2.24) is 14.8 Å². The van der Waals surface area contributed by atoms with E-state index in [1.807, 2.05) is 18.2 Å². The normalized spacial score (nSPS) is 22.3. The van der Waals surface area contributed by atoms with Crippen LogP contribution in [0.2, 0.25) is 0 Å². The van der Waals surface area contributed by atoms with E-state index in [2.05, 4.69) is 9.88 Å². The first-order valence-corrected chi connectivity index (χ1v) is 8.47. The first kappa shape index (κ1) is 17.2. The maximum absolute atomic E-state index is 12.5. The molecule has 7 heteroatoms. The summed E-state index contributed by atoms with van der Waals surface area (Å²) < 4.78 is 37.5. The van der Waals surface area contributed by atoms with Gasteiger partial charge in [-0.2, -0.15) is 13.2 Å². The van der Waals surface area contributed by atoms with Gasteiger partial charge in [-0.05, 0) is 50.9 Å². The van der Waals surface area contributed by atoms with Crippen molar-refractivity contribution >= 4 is 5.91 Å². The Morgan fingerprint density at radius 3 is 2.62 bits per heavy atom. The van der Waals surface area contributed by atoms with E-state index in [0.29, 0.717) is 25.1 Å². The van der Waals surface area contributed by atoms with Gasteiger partial charge in [0.25, 0.3) is 0 Å². The van der Waals surface area contributed by atoms with Crippen LogP contribution in [0.5, 0.6) is 0 Å². The van der Waals surface area contributed by atoms with Gasteiger partial charge in [0, 0.05) is 13.1 Å². The van der Waals surface area contributed by atoms with Crippen LogP contribution in [0.4, 0.5) is 13.2 Å². The molecular weight excluding hydrogens is 319 g/mol. The molecular formula is C17H22F3N3O. The molecule has 2 saturated heterocycles. The highest BCUT2D eigenvalue weighted by Gasteiger charge is 2.38. The van der Waals surface area contributed by atoms with Gasteiger partial charge in [-0.15, -0.1) is 0 Å². The van der Waals surface area contributed by atoms with Crippen molar-refractivity contribution in [2.45, 2.75) is 50.9 Å². The lowest BCUT2D eigenvalue weighted by atomic mass is 10.1. The summed E-state index contributed by atoms with van der Waals surface area (Å²) in [5.41, 5.74) is 1.63. The van der Waals surface area contributed by atoms with Crippen molar-refractivity contribution in [2.75, 3.05) is 19.6 Å². The number of likely N-dealkylation sites (tertiary alicyclic amines) is 2. The summed E-state index contributed by atoms with van der Waals surface area (Å²) in [6.45, 7) is 3.26. The molecule has 0 spiro atoms. The molecule has 1 aromatic heterocycles. The monoisotopic (exact) mass is 341 g/mol. The zero-order valence-corrected chi connectivity index (χ0v) is 13.6. The van der Waals surface area contributed by atoms with E-state index in [1.165, 1.54) is 17.7 Å². The summed E-state index contributed by atoms with van der Waals surface area (Å²) in [6, 6.07) is 5.31. The van der Waals surface area contributed by atoms with E-state index in [0.717, 1.165) is 25.3 Å². The Morgan fingerprint density at radius 1 is 1.17 bits per heavy atom. The number of carbonyl (C=O) groups is 1. The molecule has 24 heavy (non-hydrogen) atoms. The molecule has 2 aliphatic rings. The zero-order valence-electron chi connectivity index (χ0n) is 13.6. The molecule has 0 N–H and O–H groups in total. The molecule has 0 bridgehead atoms. The van der Waals surface area contributed by atoms with Crippen LogP contribution in [0.15, 0.2) is 18.2 Å². The van der Waals surface area contributed by atoms with Gasteiger partial charge in [0.2, 0.25) is 5.91 Å². The molecule has 1 amide bonds. The van der Waals surface area contributed by atoms with Gasteiger partial charge in [-0.3, -0.25) is 14.7 Å². The third-order valence-corrected chi connectivity index (χ3v) is 4.68. The van der Waals surface area contributed by atoms with E-state index < -0.39 is 18.5 Å². The second-order valence-corrected chi connectivity index (χ2v) is 6.57. The van der Waals surface area contributed by atoms with Crippen molar-refractivity contribution in [2.24, 2.45) is 0 Å². The molecule has 0 unspecified atom stereocenters. The highest BCUT2D eigenvalue weighted by Crippen LogP contribution is 2.33. The Labute approximate surface area is 139 Å². The van der Waals surface area contributed by atoms with Crippen LogP contribution >= 0.6 is 0 Å². The summed E-state index contributed by atoms with van der Waals surface area (Å²) in [5, 5.41) is 0. The molecule has 2 aliphatic heterocycles. The van der Waals surface area contributed by atoms with Crippen LogP contribution in [-0.2, 0) is 11.3 Å². The van der Waals surface area contributed by atoms with E-state index in [9.17, 15) is 18.0 Å². The molecule has 0 aromatic carbocycles. The molecule has 1 atom stereocenters. The Hall–Kier alpha value is -1.63. The third-order valence-electron chi connectivity index (χ3n) is 4.68. The number of alkyl halides is 3. The maximum Gasteiger partial charge on any atom is 0.397 e. The molecule has 0 saturated carbocycles. The van der Waals surface area contributed by atoms with Crippen LogP contribution in [0.25, 0.3) is 0 Å². The van der Waals surface area contributed by atoms with Crippen molar-refractivity contribution in [3.8, 4) is 0 Å². The number of halogens is 3. The van der Waals surface area contributed by atoms with Gasteiger partial charge in [0.1, 0.15) is 6.42 Å². The number of hydrogen-bond acceptors (Lipinski definition) is 3. The van der Waals surface area contributed by atoms with E-state index in [-0.39, 0.29) is 6.04 Å². The standard InChI is InChI=1S/C17H22F3N3O/c18-17(19,20)11-16(24)23-10-4-7-15(23)14-6-3-5-13(21-14)12-22-8-1-2-9-22/h3,5-6,15H,1-2,4,7-12H2/t15-/m0/s1. The molecule has 132 valence electrons. The number of rotatable bonds is 4. The van der Waals surface area contributed by atoms with Crippen LogP contribution in [0, 0.1) is 0 Å². The largest absolute Gasteiger partial charge is 0.397 e. The van der Waals surface area contributed by atoms with E-state index in [1.54, 1.807) is 0 Å². The van der Waals surface area contributed by atoms with Crippen molar-refractivity contribution in [1.29, 1.82) is 0 Å². The van der Waals surface area contributed by atoms with E-state index >= 15 is 0 Å². The topological polar surface area (TPSA) is 36.4 Å². The number of carbonyl (C=O) groups excluding carboxylic acids is 1. The van der Waals surface area contributed by atoms with Gasteiger partial charge in [0.15, 0.2) is 0 Å². The first-order chi connectivity index (χ1) is 11.4. The third kappa shape index (κ3) is 4.26. The molecule has 3 heterocycles. The Morgan fingerprint density at radius 2 is 1.92 bits per heavy atom. The number of nitrogens with zero attached hydrogens (tertiary/aromatic N) is 3. The summed E-state index contributed by atoms with van der Waals surface area (Å²) in [6.07, 6.45) is -2.08. The van der Waals surface area contributed by atoms with Crippen molar-refractivity contribution in [3.63, 3.8) is 0 Å². The van der Waals surface area contributed by atoms with Gasteiger partial charge in [0.05, 0.1) is 17.4 Å². The summed E-state index contributed by atoms with van der Waals surface area (Å²) >= 11 is 0. The Kier molecular flexibility index (Phi) is 5.08. The van der Waals surface area contributed by atoms with Crippen LogP contribution in [0.1, 0.15) is 49.5 Å². The number of hydrogen-bond donors (Lipinski definition) is 0. The number of amides is 1. The van der Waals surface area contributed by atoms with Crippen LogP contribution in [-0.4, -0.2) is 46.5 Å². The fourth-order valence-electron chi connectivity index (χ4n) is 3.59. The van der Waals surface area contributed by atoms with Crippen LogP contribution in [0.3, 0.4) is 0 Å². The van der Waals surface area contributed by atoms with Gasteiger partial charge < -0.3 is 4.90 Å². The average Bonchev–Trinajstić information content (AvgIpc) is 3.16. The molecule has 1 aromatic rings. The minimum Gasteiger partial charge on any atom is -0.334 e. The summed E-state index contributed by atoms with van der Waals surface area (Å²) in [4.78, 5) is 20.3. The van der Waals surface area contributed by atoms with Crippen molar-refractivity contribution in [3.05, 3.63) is 29.6 Å². The van der Waals surface area contributed by atoms with Crippen LogP contribution < -0.4 is 0 Å². The molecule has 0 aliphatic carbocycles. The molecule has 4 nitrogen and oxygen atoms in total. The molecule has 3 rings (SSSR count). The lowest BCUT2D eigenvalue weighted by molar-refractivity contribution is -0.162. The van der Waals surface area contributed by atoms with Gasteiger partial charge >= 0.3 is 6.18 Å². The number of pyridine rings is 1. The fourth-order valence-corrected chi connectivity index (χ4v) is 3.59. The lowest BCUT2D eigenvalue weighted by Crippen LogP contribution is -2.34. The SMILES string of the molecule is O=C(CC(F)(F)F)N1CCC[C@H]1c1cccc(CN2CCCC2)n1. The minimum absolute atomic E-state index is 0.335. The smallest absolute Gasteiger partial charge is 0.334 e. The second-order valence-electron chi connectivity index (χ2n) is 6.57. The highest BCUT2D eigenvalue weighted by atomic mass is 19.4. The van der Waals surface area contributed by atoms with Gasteiger partial charge in [-0.25, -0.2) is 0 Å². The average molecular weight is 341 g/mol. The predicted octanol–water partition coefficient (Wildman–Crippen LogP) is 3.29. The second kappa shape index (κ2) is 7.09. The van der Waals surface area contributed by atoms with Gasteiger partial charge in [-0.1, -0.05) is 6.07 Å². The summed E-state index contributed by atoms with van der Waals surface area (Å²) in [5.74, 6) is -0.850. The number of aromatic nitrogens is 1. The molecule has 2 fully saturated rings. The Balaban J connectivity index is 1.71.